The number of carbonyl (C=O) groups is 3. The number of amides is 2. The van der Waals surface area contributed by atoms with Gasteiger partial charge >= 0.3 is 0 Å². The van der Waals surface area contributed by atoms with Crippen LogP contribution in [0.4, 0.5) is 5.69 Å². The average molecular weight is 493 g/mol. The fraction of sp³-hybridized carbons (Fsp3) is 0.208. The van der Waals surface area contributed by atoms with E-state index in [1.807, 2.05) is 29.6 Å². The van der Waals surface area contributed by atoms with Crippen LogP contribution in [-0.2, 0) is 9.59 Å². The number of hydrazone groups is 1. The molecule has 1 aromatic carbocycles. The molecule has 2 aliphatic rings. The number of furan rings is 1. The van der Waals surface area contributed by atoms with Crippen LogP contribution >= 0.6 is 23.1 Å². The van der Waals surface area contributed by atoms with E-state index in [4.69, 9.17) is 9.52 Å². The van der Waals surface area contributed by atoms with Gasteiger partial charge in [0.15, 0.2) is 11.0 Å². The van der Waals surface area contributed by atoms with Gasteiger partial charge in [-0.25, -0.2) is 5.01 Å². The highest BCUT2D eigenvalue weighted by Crippen LogP contribution is 2.39. The molecule has 10 heteroatoms. The minimum atomic E-state index is -0.635. The standard InChI is InChI=1S/C24H20N4O4S2/c1-14(29)15-6-8-16(9-7-15)25-22(30)13-21-23(31)26-24(34-21)28-18(19-4-2-10-32-19)12-17(27-28)20-5-3-11-33-20/h2-11,18,21H,12-13H2,1H3,(H,25,30). The van der Waals surface area contributed by atoms with Crippen LogP contribution in [0.25, 0.3) is 0 Å². The highest BCUT2D eigenvalue weighted by atomic mass is 32.2. The Kier molecular flexibility index (Phi) is 6.16. The number of nitrogens with zero attached hydrogens (tertiary/aromatic N) is 3. The first-order chi connectivity index (χ1) is 16.5. The second-order valence-corrected chi connectivity index (χ2v) is 9.95. The fourth-order valence-corrected chi connectivity index (χ4v) is 5.54. The number of nitrogens with one attached hydrogen (secondary N) is 1. The summed E-state index contributed by atoms with van der Waals surface area (Å²) in [5.74, 6) is 0.0288. The van der Waals surface area contributed by atoms with Crippen LogP contribution in [0.3, 0.4) is 0 Å². The van der Waals surface area contributed by atoms with Gasteiger partial charge in [0.05, 0.1) is 16.9 Å². The number of ketones is 1. The van der Waals surface area contributed by atoms with Crippen molar-refractivity contribution < 1.29 is 18.8 Å². The Bertz CT molecular complexity index is 1280. The van der Waals surface area contributed by atoms with Crippen LogP contribution in [0.15, 0.2) is 74.7 Å². The Morgan fingerprint density at radius 1 is 1.18 bits per heavy atom. The lowest BCUT2D eigenvalue weighted by Gasteiger charge is -2.20. The molecular formula is C24H20N4O4S2. The quantitative estimate of drug-likeness (QED) is 0.499. The zero-order chi connectivity index (χ0) is 23.7. The van der Waals surface area contributed by atoms with E-state index in [1.54, 1.807) is 46.9 Å². The lowest BCUT2D eigenvalue weighted by atomic mass is 10.1. The fourth-order valence-electron chi connectivity index (χ4n) is 3.75. The van der Waals surface area contributed by atoms with Crippen LogP contribution in [0.5, 0.6) is 0 Å². The molecule has 2 aromatic heterocycles. The molecule has 3 aromatic rings. The SMILES string of the molecule is CC(=O)c1ccc(NC(=O)CC2SC(N3N=C(c4cccs4)CC3c3ccco3)=NC2=O)cc1. The van der Waals surface area contributed by atoms with Gasteiger partial charge in [0.2, 0.25) is 5.91 Å². The molecule has 4 heterocycles. The van der Waals surface area contributed by atoms with Gasteiger partial charge in [-0.15, -0.1) is 11.3 Å². The number of aliphatic imine (C=N–C) groups is 1. The summed E-state index contributed by atoms with van der Waals surface area (Å²) in [6.45, 7) is 1.48. The number of thiophene rings is 1. The lowest BCUT2D eigenvalue weighted by Crippen LogP contribution is -2.25. The summed E-state index contributed by atoms with van der Waals surface area (Å²) in [6.07, 6.45) is 2.22. The van der Waals surface area contributed by atoms with Crippen LogP contribution in [0.2, 0.25) is 0 Å². The van der Waals surface area contributed by atoms with Crippen molar-refractivity contribution in [2.75, 3.05) is 5.32 Å². The summed E-state index contributed by atoms with van der Waals surface area (Å²) in [5.41, 5.74) is 2.04. The maximum Gasteiger partial charge on any atom is 0.262 e. The molecule has 0 saturated carbocycles. The number of rotatable bonds is 6. The third kappa shape index (κ3) is 4.59. The molecule has 0 aliphatic carbocycles. The summed E-state index contributed by atoms with van der Waals surface area (Å²) < 4.78 is 5.63. The first-order valence-electron chi connectivity index (χ1n) is 10.6. The Balaban J connectivity index is 1.27. The smallest absolute Gasteiger partial charge is 0.262 e. The van der Waals surface area contributed by atoms with Crippen molar-refractivity contribution in [1.82, 2.24) is 5.01 Å². The molecule has 1 N–H and O–H groups in total. The molecule has 0 radical (unpaired) electrons. The predicted octanol–water partition coefficient (Wildman–Crippen LogP) is 4.72. The van der Waals surface area contributed by atoms with E-state index in [1.165, 1.54) is 18.7 Å². The Morgan fingerprint density at radius 3 is 2.68 bits per heavy atom. The number of hydrogen-bond donors (Lipinski definition) is 1. The minimum absolute atomic E-state index is 0.0221. The van der Waals surface area contributed by atoms with Crippen LogP contribution in [-0.4, -0.2) is 38.7 Å². The zero-order valence-electron chi connectivity index (χ0n) is 18.1. The van der Waals surface area contributed by atoms with E-state index in [2.05, 4.69) is 10.3 Å². The largest absolute Gasteiger partial charge is 0.467 e. The normalized spacial score (nSPS) is 19.8. The van der Waals surface area contributed by atoms with Crippen LogP contribution in [0.1, 0.15) is 46.8 Å². The first kappa shape index (κ1) is 22.3. The monoisotopic (exact) mass is 492 g/mol. The number of amidine groups is 1. The second-order valence-electron chi connectivity index (χ2n) is 7.83. The van der Waals surface area contributed by atoms with Crippen molar-refractivity contribution in [2.45, 2.75) is 31.1 Å². The third-order valence-corrected chi connectivity index (χ3v) is 7.52. The van der Waals surface area contributed by atoms with Crippen LogP contribution in [0, 0.1) is 0 Å². The summed E-state index contributed by atoms with van der Waals surface area (Å²) in [4.78, 5) is 41.9. The molecule has 34 heavy (non-hydrogen) atoms. The van der Waals surface area contributed by atoms with Crippen molar-refractivity contribution in [3.05, 3.63) is 76.4 Å². The molecule has 0 fully saturated rings. The topological polar surface area (TPSA) is 104 Å². The van der Waals surface area contributed by atoms with Crippen molar-refractivity contribution in [2.24, 2.45) is 10.1 Å². The lowest BCUT2D eigenvalue weighted by molar-refractivity contribution is -0.121. The van der Waals surface area contributed by atoms with Gasteiger partial charge in [-0.05, 0) is 54.8 Å². The molecule has 8 nitrogen and oxygen atoms in total. The van der Waals surface area contributed by atoms with Crippen molar-refractivity contribution in [3.63, 3.8) is 0 Å². The average Bonchev–Trinajstić information content (AvgIpc) is 3.61. The van der Waals surface area contributed by atoms with Crippen molar-refractivity contribution in [3.8, 4) is 0 Å². The highest BCUT2D eigenvalue weighted by Gasteiger charge is 2.40. The molecule has 0 spiro atoms. The summed E-state index contributed by atoms with van der Waals surface area (Å²) in [5, 5.41) is 11.1. The number of anilines is 1. The third-order valence-electron chi connectivity index (χ3n) is 5.46. The summed E-state index contributed by atoms with van der Waals surface area (Å²) in [6, 6.07) is 14.1. The van der Waals surface area contributed by atoms with E-state index in [-0.39, 0.29) is 30.1 Å². The Labute approximate surface area is 203 Å². The van der Waals surface area contributed by atoms with E-state index < -0.39 is 5.25 Å². The summed E-state index contributed by atoms with van der Waals surface area (Å²) in [7, 11) is 0. The molecule has 2 amide bonds. The van der Waals surface area contributed by atoms with Crippen LogP contribution < -0.4 is 5.32 Å². The Morgan fingerprint density at radius 2 is 2.00 bits per heavy atom. The predicted molar refractivity (Wildman–Crippen MR) is 132 cm³/mol. The van der Waals surface area contributed by atoms with Gasteiger partial charge in [0.1, 0.15) is 17.1 Å². The van der Waals surface area contributed by atoms with Gasteiger partial charge < -0.3 is 9.73 Å². The molecule has 172 valence electrons. The van der Waals surface area contributed by atoms with Gasteiger partial charge in [-0.2, -0.15) is 10.1 Å². The molecule has 0 bridgehead atoms. The highest BCUT2D eigenvalue weighted by molar-refractivity contribution is 8.15. The van der Waals surface area contributed by atoms with E-state index >= 15 is 0 Å². The van der Waals surface area contributed by atoms with Crippen molar-refractivity contribution >= 4 is 57.3 Å². The number of benzene rings is 1. The van der Waals surface area contributed by atoms with Gasteiger partial charge in [0.25, 0.3) is 5.91 Å². The first-order valence-corrected chi connectivity index (χ1v) is 12.4. The molecular weight excluding hydrogens is 472 g/mol. The van der Waals surface area contributed by atoms with Gasteiger partial charge in [-0.3, -0.25) is 14.4 Å². The number of hydrogen-bond acceptors (Lipinski definition) is 8. The summed E-state index contributed by atoms with van der Waals surface area (Å²) >= 11 is 2.84. The maximum atomic E-state index is 12.6. The van der Waals surface area contributed by atoms with Gasteiger partial charge in [-0.1, -0.05) is 17.8 Å². The number of Topliss-reactive ketones (excluding diaryl/α,β-unsaturated/α-hetero) is 1. The zero-order valence-corrected chi connectivity index (χ0v) is 19.8. The molecule has 2 atom stereocenters. The van der Waals surface area contributed by atoms with E-state index in [0.717, 1.165) is 16.3 Å². The minimum Gasteiger partial charge on any atom is -0.467 e. The second kappa shape index (κ2) is 9.40. The molecule has 0 saturated heterocycles. The van der Waals surface area contributed by atoms with E-state index in [0.29, 0.717) is 22.8 Å². The Hall–Kier alpha value is -3.50. The van der Waals surface area contributed by atoms with Crippen molar-refractivity contribution in [1.29, 1.82) is 0 Å². The van der Waals surface area contributed by atoms with Gasteiger partial charge in [0, 0.05) is 24.1 Å². The molecule has 2 aliphatic heterocycles. The maximum absolute atomic E-state index is 12.6. The van der Waals surface area contributed by atoms with E-state index in [9.17, 15) is 14.4 Å². The number of carbonyl (C=O) groups excluding carboxylic acids is 3. The molecule has 5 rings (SSSR count). The molecule has 2 unspecified atom stereocenters. The number of thioether (sulfide) groups is 1.